The van der Waals surface area contributed by atoms with Crippen LogP contribution < -0.4 is 24.7 Å². The third-order valence-corrected chi connectivity index (χ3v) is 11.7. The van der Waals surface area contributed by atoms with E-state index in [1.165, 1.54) is 21.2 Å². The zero-order valence-corrected chi connectivity index (χ0v) is 28.3. The van der Waals surface area contributed by atoms with E-state index in [0.717, 1.165) is 46.4 Å². The van der Waals surface area contributed by atoms with Crippen molar-refractivity contribution in [3.8, 4) is 5.75 Å². The maximum Gasteiger partial charge on any atom is 0.308 e. The number of methoxy groups -OCH3 is 1. The van der Waals surface area contributed by atoms with Crippen molar-refractivity contribution in [2.75, 3.05) is 35.3 Å². The van der Waals surface area contributed by atoms with Gasteiger partial charge in [0.1, 0.15) is 17.5 Å². The van der Waals surface area contributed by atoms with E-state index in [9.17, 15) is 19.2 Å². The highest BCUT2D eigenvalue weighted by Crippen LogP contribution is 2.54. The lowest BCUT2D eigenvalue weighted by Gasteiger charge is -2.31. The Morgan fingerprint density at radius 2 is 1.58 bits per heavy atom. The third kappa shape index (κ3) is 5.46. The van der Waals surface area contributed by atoms with E-state index in [1.807, 2.05) is 66.7 Å². The number of nitrogens with one attached hydrogen (secondary N) is 1. The quantitative estimate of drug-likeness (QED) is 0.181. The summed E-state index contributed by atoms with van der Waals surface area (Å²) in [7, 11) is 1.56. The van der Waals surface area contributed by atoms with Crippen molar-refractivity contribution in [2.24, 2.45) is 5.92 Å². The fourth-order valence-electron chi connectivity index (χ4n) is 6.75. The molecule has 0 radical (unpaired) electrons. The van der Waals surface area contributed by atoms with Crippen molar-refractivity contribution >= 4 is 68.7 Å². The van der Waals surface area contributed by atoms with E-state index in [-0.39, 0.29) is 29.1 Å². The molecular formula is C37H34N4O5S2. The minimum atomic E-state index is -0.777. The Hall–Kier alpha value is -4.87. The van der Waals surface area contributed by atoms with E-state index in [2.05, 4.69) is 24.1 Å². The fourth-order valence-corrected chi connectivity index (χ4v) is 9.52. The Morgan fingerprint density at radius 3 is 2.29 bits per heavy atom. The Kier molecular flexibility index (Phi) is 8.57. The second kappa shape index (κ2) is 13.0. The Morgan fingerprint density at radius 1 is 0.875 bits per heavy atom. The lowest BCUT2D eigenvalue weighted by Crippen LogP contribution is -2.33. The van der Waals surface area contributed by atoms with Gasteiger partial charge in [-0.1, -0.05) is 71.6 Å². The molecule has 2 aliphatic heterocycles. The average molecular weight is 679 g/mol. The van der Waals surface area contributed by atoms with Crippen molar-refractivity contribution in [3.63, 3.8) is 0 Å². The summed E-state index contributed by atoms with van der Waals surface area (Å²) in [5, 5.41) is 4.64. The van der Waals surface area contributed by atoms with E-state index >= 15 is 0 Å². The Labute approximate surface area is 286 Å². The predicted molar refractivity (Wildman–Crippen MR) is 192 cm³/mol. The molecule has 0 saturated carbocycles. The van der Waals surface area contributed by atoms with E-state index in [4.69, 9.17) is 4.74 Å². The summed E-state index contributed by atoms with van der Waals surface area (Å²) in [4.78, 5) is 59.3. The van der Waals surface area contributed by atoms with Crippen molar-refractivity contribution < 1.29 is 19.1 Å². The van der Waals surface area contributed by atoms with Crippen molar-refractivity contribution in [1.29, 1.82) is 0 Å². The van der Waals surface area contributed by atoms with Crippen LogP contribution in [0, 0.1) is 5.92 Å². The van der Waals surface area contributed by atoms with Crippen molar-refractivity contribution in [1.82, 2.24) is 4.57 Å². The summed E-state index contributed by atoms with van der Waals surface area (Å²) in [6, 6.07) is 28.3. The number of anilines is 3. The molecule has 3 amide bonds. The minimum absolute atomic E-state index is 0.226. The fraction of sp³-hybridized carbons (Fsp3) is 0.243. The molecule has 7 rings (SSSR count). The Balaban J connectivity index is 1.27. The van der Waals surface area contributed by atoms with Crippen LogP contribution in [0.4, 0.5) is 17.1 Å². The standard InChI is InChI=1S/C37H34N4O5S2/c1-4-39(5-2)24-15-13-23(14-16-24)30-31-32(35(44)41(34(31)43)25-17-19-26(46-3)20-18-25)47-36-33(30)48-37(45)40(36)21-29(42)38-28-12-8-10-22-9-6-7-11-27(22)28/h6-20,30-32H,4-5,21H2,1-3H3,(H,38,42)/t30-,31-,32+/m0/s1. The number of rotatable bonds is 9. The van der Waals surface area contributed by atoms with Crippen LogP contribution >= 0.6 is 23.1 Å². The highest BCUT2D eigenvalue weighted by Gasteiger charge is 2.56. The van der Waals surface area contributed by atoms with E-state index in [0.29, 0.717) is 27.0 Å². The van der Waals surface area contributed by atoms with Gasteiger partial charge in [0.15, 0.2) is 0 Å². The third-order valence-electron chi connectivity index (χ3n) is 9.13. The van der Waals surface area contributed by atoms with Gasteiger partial charge in [0.2, 0.25) is 17.7 Å². The molecule has 0 spiro atoms. The molecule has 1 saturated heterocycles. The molecule has 1 N–H and O–H groups in total. The number of carbonyl (C=O) groups excluding carboxylic acids is 3. The number of benzene rings is 4. The maximum atomic E-state index is 14.3. The molecule has 11 heteroatoms. The lowest BCUT2D eigenvalue weighted by atomic mass is 9.83. The van der Waals surface area contributed by atoms with Gasteiger partial charge in [-0.3, -0.25) is 23.7 Å². The van der Waals surface area contributed by atoms with Crippen LogP contribution in [0.3, 0.4) is 0 Å². The number of carbonyl (C=O) groups is 3. The minimum Gasteiger partial charge on any atom is -0.497 e. The van der Waals surface area contributed by atoms with Gasteiger partial charge in [-0.15, -0.1) is 0 Å². The van der Waals surface area contributed by atoms with E-state index < -0.39 is 17.1 Å². The molecule has 1 fully saturated rings. The number of hydrogen-bond acceptors (Lipinski definition) is 8. The average Bonchev–Trinajstić information content (AvgIpc) is 3.55. The number of thioether (sulfide) groups is 1. The molecule has 244 valence electrons. The number of hydrogen-bond donors (Lipinski definition) is 1. The van der Waals surface area contributed by atoms with Gasteiger partial charge in [-0.25, -0.2) is 4.90 Å². The Bertz CT molecular complexity index is 2080. The highest BCUT2D eigenvalue weighted by atomic mass is 32.2. The van der Waals surface area contributed by atoms with E-state index in [1.54, 1.807) is 31.4 Å². The van der Waals surface area contributed by atoms with Gasteiger partial charge in [0.25, 0.3) is 0 Å². The second-order valence-electron chi connectivity index (χ2n) is 11.7. The molecule has 3 heterocycles. The number of fused-ring (bicyclic) bond motifs is 3. The second-order valence-corrected chi connectivity index (χ2v) is 13.8. The van der Waals surface area contributed by atoms with Crippen molar-refractivity contribution in [2.45, 2.75) is 36.6 Å². The highest BCUT2D eigenvalue weighted by molar-refractivity contribution is 8.00. The number of ether oxygens (including phenoxy) is 1. The topological polar surface area (TPSA) is 101 Å². The number of imide groups is 1. The molecule has 48 heavy (non-hydrogen) atoms. The van der Waals surface area contributed by atoms with Crippen LogP contribution in [0.2, 0.25) is 0 Å². The largest absolute Gasteiger partial charge is 0.497 e. The monoisotopic (exact) mass is 678 g/mol. The van der Waals surface area contributed by atoms with Gasteiger partial charge in [-0.05, 0) is 67.3 Å². The lowest BCUT2D eigenvalue weighted by molar-refractivity contribution is -0.122. The molecule has 1 aromatic heterocycles. The predicted octanol–water partition coefficient (Wildman–Crippen LogP) is 6.35. The van der Waals surface area contributed by atoms with Crippen LogP contribution in [0.15, 0.2) is 101 Å². The van der Waals surface area contributed by atoms with Crippen LogP contribution in [-0.2, 0) is 20.9 Å². The zero-order valence-electron chi connectivity index (χ0n) is 26.7. The first-order valence-electron chi connectivity index (χ1n) is 15.9. The normalized spacial score (nSPS) is 18.5. The van der Waals surface area contributed by atoms with Crippen LogP contribution in [0.5, 0.6) is 5.75 Å². The number of thiazole rings is 1. The molecule has 5 aromatic rings. The first kappa shape index (κ1) is 31.7. The molecule has 0 aliphatic carbocycles. The van der Waals surface area contributed by atoms with Crippen LogP contribution in [-0.4, -0.2) is 47.7 Å². The maximum absolute atomic E-state index is 14.3. The van der Waals surface area contributed by atoms with Gasteiger partial charge < -0.3 is 15.0 Å². The summed E-state index contributed by atoms with van der Waals surface area (Å²) >= 11 is 2.25. The molecule has 9 nitrogen and oxygen atoms in total. The molecule has 4 aromatic carbocycles. The summed E-state index contributed by atoms with van der Waals surface area (Å²) < 4.78 is 6.74. The summed E-state index contributed by atoms with van der Waals surface area (Å²) in [5.74, 6) is -1.67. The first-order valence-corrected chi connectivity index (χ1v) is 17.6. The van der Waals surface area contributed by atoms with Gasteiger partial charge >= 0.3 is 4.87 Å². The summed E-state index contributed by atoms with van der Waals surface area (Å²) in [6.07, 6.45) is 0. The van der Waals surface area contributed by atoms with Crippen LogP contribution in [0.25, 0.3) is 10.8 Å². The smallest absolute Gasteiger partial charge is 0.308 e. The summed E-state index contributed by atoms with van der Waals surface area (Å²) in [6.45, 7) is 5.66. The molecule has 0 unspecified atom stereocenters. The first-order chi connectivity index (χ1) is 23.3. The van der Waals surface area contributed by atoms with Gasteiger partial charge in [0.05, 0.1) is 23.7 Å². The van der Waals surface area contributed by atoms with Crippen LogP contribution in [0.1, 0.15) is 30.2 Å². The molecular weight excluding hydrogens is 645 g/mol. The van der Waals surface area contributed by atoms with Gasteiger partial charge in [-0.2, -0.15) is 0 Å². The molecule has 2 aliphatic rings. The molecule has 0 bridgehead atoms. The zero-order chi connectivity index (χ0) is 33.5. The SMILES string of the molecule is CCN(CC)c1ccc([C@@H]2c3sc(=O)n(CC(=O)Nc4cccc5ccccc45)c3S[C@H]3C(=O)N(c4ccc(OC)cc4)C(=O)[C@@H]23)cc1. The van der Waals surface area contributed by atoms with Gasteiger partial charge in [0, 0.05) is 40.6 Å². The number of amides is 3. The number of aromatic nitrogens is 1. The molecule has 3 atom stereocenters. The summed E-state index contributed by atoms with van der Waals surface area (Å²) in [5.41, 5.74) is 3.01. The number of nitrogens with zero attached hydrogens (tertiary/aromatic N) is 3. The van der Waals surface area contributed by atoms with Crippen molar-refractivity contribution in [3.05, 3.63) is 111 Å².